The molecule has 1 heterocycles. The minimum Gasteiger partial charge on any atom is -0.426 e. The summed E-state index contributed by atoms with van der Waals surface area (Å²) < 4.78 is 5.57. The van der Waals surface area contributed by atoms with Crippen LogP contribution in [0.3, 0.4) is 0 Å². The van der Waals surface area contributed by atoms with E-state index in [1.165, 1.54) is 5.56 Å². The van der Waals surface area contributed by atoms with Crippen molar-refractivity contribution in [1.82, 2.24) is 0 Å². The zero-order valence-corrected chi connectivity index (χ0v) is 17.4. The summed E-state index contributed by atoms with van der Waals surface area (Å²) in [6.45, 7) is 10.9. The van der Waals surface area contributed by atoms with Gasteiger partial charge in [0, 0.05) is 18.7 Å². The molecular weight excluding hydrogens is 350 g/mol. The van der Waals surface area contributed by atoms with Crippen LogP contribution in [0.5, 0.6) is 5.75 Å². The maximum absolute atomic E-state index is 12.6. The van der Waals surface area contributed by atoms with Crippen LogP contribution in [0, 0.1) is 19.8 Å². The first-order valence-corrected chi connectivity index (χ1v) is 9.91. The van der Waals surface area contributed by atoms with E-state index in [1.54, 1.807) is 4.90 Å². The zero-order valence-electron chi connectivity index (χ0n) is 17.4. The average Bonchev–Trinajstić information content (AvgIpc) is 3.06. The second-order valence-electron chi connectivity index (χ2n) is 8.31. The highest BCUT2D eigenvalue weighted by molar-refractivity contribution is 6.00. The SMILES string of the molecule is CCC(C)(C)c1ccc(OC(=O)[C@H]2CC(=O)N(c3cccc(C)c3C)C2)cc1. The van der Waals surface area contributed by atoms with Crippen LogP contribution in [0.25, 0.3) is 0 Å². The van der Waals surface area contributed by atoms with Gasteiger partial charge in [0.15, 0.2) is 0 Å². The first-order valence-electron chi connectivity index (χ1n) is 9.91. The third kappa shape index (κ3) is 3.96. The van der Waals surface area contributed by atoms with Gasteiger partial charge in [-0.2, -0.15) is 0 Å². The van der Waals surface area contributed by atoms with Crippen molar-refractivity contribution in [2.75, 3.05) is 11.4 Å². The van der Waals surface area contributed by atoms with Crippen molar-refractivity contribution in [3.63, 3.8) is 0 Å². The van der Waals surface area contributed by atoms with Crippen LogP contribution in [-0.4, -0.2) is 18.4 Å². The van der Waals surface area contributed by atoms with E-state index in [0.717, 1.165) is 23.2 Å². The van der Waals surface area contributed by atoms with Crippen LogP contribution in [0.1, 0.15) is 50.3 Å². The van der Waals surface area contributed by atoms with E-state index >= 15 is 0 Å². The van der Waals surface area contributed by atoms with Crippen LogP contribution in [-0.2, 0) is 15.0 Å². The van der Waals surface area contributed by atoms with Gasteiger partial charge in [0.05, 0.1) is 5.92 Å². The number of benzene rings is 2. The van der Waals surface area contributed by atoms with Crippen LogP contribution in [0.2, 0.25) is 0 Å². The van der Waals surface area contributed by atoms with Crippen LogP contribution >= 0.6 is 0 Å². The maximum Gasteiger partial charge on any atom is 0.316 e. The molecular formula is C24H29NO3. The molecule has 0 unspecified atom stereocenters. The molecule has 0 N–H and O–H groups in total. The smallest absolute Gasteiger partial charge is 0.316 e. The van der Waals surface area contributed by atoms with Gasteiger partial charge < -0.3 is 9.64 Å². The number of carbonyl (C=O) groups excluding carboxylic acids is 2. The van der Waals surface area contributed by atoms with Gasteiger partial charge in [0.25, 0.3) is 0 Å². The summed E-state index contributed by atoms with van der Waals surface area (Å²) in [4.78, 5) is 26.8. The van der Waals surface area contributed by atoms with Crippen LogP contribution < -0.4 is 9.64 Å². The van der Waals surface area contributed by atoms with Crippen LogP contribution in [0.4, 0.5) is 5.69 Å². The fraction of sp³-hybridized carbons (Fsp3) is 0.417. The molecule has 1 atom stereocenters. The number of hydrogen-bond acceptors (Lipinski definition) is 3. The van der Waals surface area contributed by atoms with Gasteiger partial charge in [-0.3, -0.25) is 9.59 Å². The molecule has 0 aliphatic carbocycles. The van der Waals surface area contributed by atoms with E-state index in [2.05, 4.69) is 20.8 Å². The van der Waals surface area contributed by atoms with Gasteiger partial charge in [-0.1, -0.05) is 45.0 Å². The highest BCUT2D eigenvalue weighted by atomic mass is 16.5. The number of hydrogen-bond donors (Lipinski definition) is 0. The van der Waals surface area contributed by atoms with Crippen molar-refractivity contribution in [3.05, 3.63) is 59.2 Å². The standard InChI is InChI=1S/C24H29NO3/c1-6-24(4,5)19-10-12-20(13-11-19)28-23(27)18-14-22(26)25(15-18)21-9-7-8-16(2)17(21)3/h7-13,18H,6,14-15H2,1-5H3/t18-/m0/s1. The highest BCUT2D eigenvalue weighted by Gasteiger charge is 2.37. The minimum atomic E-state index is -0.445. The second kappa shape index (κ2) is 7.78. The van der Waals surface area contributed by atoms with Crippen molar-refractivity contribution in [2.24, 2.45) is 5.92 Å². The van der Waals surface area contributed by atoms with Gasteiger partial charge in [0.2, 0.25) is 5.91 Å². The summed E-state index contributed by atoms with van der Waals surface area (Å²) in [5.41, 5.74) is 4.39. The molecule has 1 aliphatic rings. The fourth-order valence-electron chi connectivity index (χ4n) is 3.50. The second-order valence-corrected chi connectivity index (χ2v) is 8.31. The van der Waals surface area contributed by atoms with Gasteiger partial charge in [-0.15, -0.1) is 0 Å². The molecule has 1 saturated heterocycles. The molecule has 0 radical (unpaired) electrons. The summed E-state index contributed by atoms with van der Waals surface area (Å²) in [6, 6.07) is 13.6. The normalized spacial score (nSPS) is 17.1. The molecule has 0 saturated carbocycles. The predicted octanol–water partition coefficient (Wildman–Crippen LogP) is 4.95. The van der Waals surface area contributed by atoms with Crippen molar-refractivity contribution >= 4 is 17.6 Å². The topological polar surface area (TPSA) is 46.6 Å². The Hall–Kier alpha value is -2.62. The van der Waals surface area contributed by atoms with E-state index < -0.39 is 5.92 Å². The number of ether oxygens (including phenoxy) is 1. The maximum atomic E-state index is 12.6. The number of anilines is 1. The molecule has 2 aromatic carbocycles. The van der Waals surface area contributed by atoms with Gasteiger partial charge >= 0.3 is 5.97 Å². The average molecular weight is 380 g/mol. The third-order valence-electron chi connectivity index (χ3n) is 6.06. The molecule has 0 aromatic heterocycles. The van der Waals surface area contributed by atoms with E-state index in [-0.39, 0.29) is 23.7 Å². The fourth-order valence-corrected chi connectivity index (χ4v) is 3.50. The molecule has 1 aliphatic heterocycles. The largest absolute Gasteiger partial charge is 0.426 e. The Labute approximate surface area is 167 Å². The summed E-state index contributed by atoms with van der Waals surface area (Å²) in [6.07, 6.45) is 1.22. The number of amides is 1. The summed E-state index contributed by atoms with van der Waals surface area (Å²) in [5.74, 6) is -0.295. The third-order valence-corrected chi connectivity index (χ3v) is 6.06. The van der Waals surface area contributed by atoms with Crippen molar-refractivity contribution < 1.29 is 14.3 Å². The molecule has 1 fully saturated rings. The number of nitrogens with zero attached hydrogens (tertiary/aromatic N) is 1. The van der Waals surface area contributed by atoms with Gasteiger partial charge in [0.1, 0.15) is 5.75 Å². The Balaban J connectivity index is 1.69. The molecule has 0 spiro atoms. The number of carbonyl (C=O) groups is 2. The number of esters is 1. The van der Waals surface area contributed by atoms with E-state index in [0.29, 0.717) is 12.3 Å². The Morgan fingerprint density at radius 1 is 1.14 bits per heavy atom. The number of rotatable bonds is 5. The van der Waals surface area contributed by atoms with E-state index in [1.807, 2.05) is 56.3 Å². The molecule has 0 bridgehead atoms. The van der Waals surface area contributed by atoms with Gasteiger partial charge in [-0.25, -0.2) is 0 Å². The highest BCUT2D eigenvalue weighted by Crippen LogP contribution is 2.31. The lowest BCUT2D eigenvalue weighted by molar-refractivity contribution is -0.139. The lowest BCUT2D eigenvalue weighted by Crippen LogP contribution is -2.28. The van der Waals surface area contributed by atoms with Crippen molar-refractivity contribution in [1.29, 1.82) is 0 Å². The summed E-state index contributed by atoms with van der Waals surface area (Å²) >= 11 is 0. The first kappa shape index (κ1) is 20.1. The van der Waals surface area contributed by atoms with Crippen molar-refractivity contribution in [2.45, 2.75) is 52.9 Å². The monoisotopic (exact) mass is 379 g/mol. The van der Waals surface area contributed by atoms with Gasteiger partial charge in [-0.05, 0) is 60.6 Å². The van der Waals surface area contributed by atoms with Crippen LogP contribution in [0.15, 0.2) is 42.5 Å². The Bertz CT molecular complexity index is 883. The van der Waals surface area contributed by atoms with Crippen molar-refractivity contribution in [3.8, 4) is 5.75 Å². The lowest BCUT2D eigenvalue weighted by atomic mass is 9.82. The van der Waals surface area contributed by atoms with E-state index in [4.69, 9.17) is 4.74 Å². The van der Waals surface area contributed by atoms with E-state index in [9.17, 15) is 9.59 Å². The lowest BCUT2D eigenvalue weighted by Gasteiger charge is -2.23. The molecule has 148 valence electrons. The molecule has 4 heteroatoms. The molecule has 28 heavy (non-hydrogen) atoms. The Morgan fingerprint density at radius 2 is 1.82 bits per heavy atom. The Kier molecular flexibility index (Phi) is 5.59. The quantitative estimate of drug-likeness (QED) is 0.545. The first-order chi connectivity index (χ1) is 13.2. The molecule has 4 nitrogen and oxygen atoms in total. The minimum absolute atomic E-state index is 0.0318. The molecule has 2 aromatic rings. The Morgan fingerprint density at radius 3 is 2.46 bits per heavy atom. The summed E-state index contributed by atoms with van der Waals surface area (Å²) in [5, 5.41) is 0. The number of aryl methyl sites for hydroxylation is 1. The summed E-state index contributed by atoms with van der Waals surface area (Å²) in [7, 11) is 0. The zero-order chi connectivity index (χ0) is 20.5. The molecule has 1 amide bonds. The molecule has 3 rings (SSSR count). The predicted molar refractivity (Wildman–Crippen MR) is 112 cm³/mol.